The van der Waals surface area contributed by atoms with Gasteiger partial charge in [0.1, 0.15) is 0 Å². The molecular formula is C2FeLaN2. The molecule has 0 aromatic heterocycles. The summed E-state index contributed by atoms with van der Waals surface area (Å²) in [5.41, 5.74) is 0. The Morgan fingerprint density at radius 3 is 1.50 bits per heavy atom. The molecule has 0 aromatic rings. The van der Waals surface area contributed by atoms with Crippen molar-refractivity contribution in [3.8, 4) is 9.94 Å². The van der Waals surface area contributed by atoms with Gasteiger partial charge in [0.25, 0.3) is 0 Å². The van der Waals surface area contributed by atoms with E-state index >= 15 is 0 Å². The van der Waals surface area contributed by atoms with Crippen LogP contribution in [-0.4, -0.2) is 0 Å². The smallest absolute Gasteiger partial charge is 0 e. The normalized spacial score (nSPS) is 4.33. The zero-order valence-electron chi connectivity index (χ0n) is 2.83. The molecule has 1 radical (unpaired) electrons. The quantitative estimate of drug-likeness (QED) is 0.567. The Morgan fingerprint density at radius 2 is 1.50 bits per heavy atom. The Balaban J connectivity index is 0. The van der Waals surface area contributed by atoms with E-state index in [0.717, 1.165) is 0 Å². The summed E-state index contributed by atoms with van der Waals surface area (Å²) in [5, 5.41) is 15.2. The van der Waals surface area contributed by atoms with Gasteiger partial charge in [0.2, 0.25) is 0 Å². The predicted octanol–water partition coefficient (Wildman–Crippen LogP) is 0.0311. The van der Waals surface area contributed by atoms with Crippen molar-refractivity contribution in [2.45, 2.75) is 0 Å². The summed E-state index contributed by atoms with van der Waals surface area (Å²) in [7, 11) is 0. The molecule has 0 aliphatic heterocycles. The number of hydrogen-bond acceptors (Lipinski definition) is 2. The SMILES string of the molecule is N#[C][Fe][C]#N.[La]. The van der Waals surface area contributed by atoms with Crippen molar-refractivity contribution in [1.29, 1.82) is 10.5 Å². The molecule has 0 fully saturated rings. The van der Waals surface area contributed by atoms with Crippen LogP contribution in [0.2, 0.25) is 0 Å². The van der Waals surface area contributed by atoms with Crippen LogP contribution >= 0.6 is 0 Å². The minimum Gasteiger partial charge on any atom is 0 e. The number of nitrogens with zero attached hydrogens (tertiary/aromatic N) is 2. The third-order valence-electron chi connectivity index (χ3n) is 0.0791. The molecule has 0 aromatic carbocycles. The van der Waals surface area contributed by atoms with Gasteiger partial charge in [0.05, 0.1) is 0 Å². The maximum absolute atomic E-state index is 7.59. The second-order valence-corrected chi connectivity index (χ2v) is 1.02. The average Bonchev–Trinajstić information content (AvgIpc) is 1.41. The monoisotopic (exact) mass is 247 g/mol. The first-order valence-electron chi connectivity index (χ1n) is 0.801. The molecule has 29 valence electrons. The second-order valence-electron chi connectivity index (χ2n) is 0.247. The number of hydrogen-bond donors (Lipinski definition) is 0. The molecule has 4 heteroatoms. The van der Waals surface area contributed by atoms with E-state index in [1.165, 1.54) is 0 Å². The van der Waals surface area contributed by atoms with Crippen molar-refractivity contribution in [2.24, 2.45) is 0 Å². The largest absolute Gasteiger partial charge is 0 e. The van der Waals surface area contributed by atoms with Crippen LogP contribution in [0.1, 0.15) is 0 Å². The molecule has 0 heterocycles. The fourth-order valence-electron chi connectivity index (χ4n) is 0.0177. The summed E-state index contributed by atoms with van der Waals surface area (Å²) in [6, 6.07) is 0. The van der Waals surface area contributed by atoms with E-state index in [1.54, 1.807) is 9.94 Å². The Morgan fingerprint density at radius 1 is 1.17 bits per heavy atom. The van der Waals surface area contributed by atoms with Crippen molar-refractivity contribution >= 4 is 0 Å². The Hall–Kier alpha value is 0.694. The van der Waals surface area contributed by atoms with Gasteiger partial charge in [0.15, 0.2) is 0 Å². The zero-order valence-corrected chi connectivity index (χ0v) is 7.56. The van der Waals surface area contributed by atoms with Crippen molar-refractivity contribution in [1.82, 2.24) is 0 Å². The maximum atomic E-state index is 7.59. The summed E-state index contributed by atoms with van der Waals surface area (Å²) < 4.78 is 0. The molecular weight excluding hydrogens is 247 g/mol. The van der Waals surface area contributed by atoms with Gasteiger partial charge in [-0.2, -0.15) is 0 Å². The topological polar surface area (TPSA) is 47.6 Å². The summed E-state index contributed by atoms with van der Waals surface area (Å²) in [6.07, 6.45) is 0. The third-order valence-corrected chi connectivity index (χ3v) is 0.326. The van der Waals surface area contributed by atoms with Crippen LogP contribution in [0.5, 0.6) is 0 Å². The predicted molar refractivity (Wildman–Crippen MR) is 11.2 cm³/mol. The van der Waals surface area contributed by atoms with Crippen molar-refractivity contribution in [3.05, 3.63) is 0 Å². The Labute approximate surface area is 70.3 Å². The zero-order chi connectivity index (χ0) is 4.12. The van der Waals surface area contributed by atoms with Gasteiger partial charge in [-0.25, -0.2) is 0 Å². The fraction of sp³-hybridized carbons (Fsp3) is 0. The van der Waals surface area contributed by atoms with E-state index in [1.807, 2.05) is 0 Å². The van der Waals surface area contributed by atoms with Gasteiger partial charge in [-0.15, -0.1) is 0 Å². The minimum absolute atomic E-state index is 0. The molecule has 0 atom stereocenters. The molecule has 0 aliphatic rings. The average molecular weight is 247 g/mol. The van der Waals surface area contributed by atoms with E-state index in [-0.39, 0.29) is 50.6 Å². The van der Waals surface area contributed by atoms with E-state index in [4.69, 9.17) is 10.5 Å². The molecule has 0 spiro atoms. The third kappa shape index (κ3) is 8.83. The van der Waals surface area contributed by atoms with Crippen molar-refractivity contribution in [3.63, 3.8) is 0 Å². The standard InChI is InChI=1S/2CN.Fe.La/c2*1-2;;. The second kappa shape index (κ2) is 9.19. The number of rotatable bonds is 0. The van der Waals surface area contributed by atoms with Crippen LogP contribution in [0.3, 0.4) is 0 Å². The molecule has 2 nitrogen and oxygen atoms in total. The first-order chi connectivity index (χ1) is 2.41. The van der Waals surface area contributed by atoms with Gasteiger partial charge in [-0.3, -0.25) is 0 Å². The van der Waals surface area contributed by atoms with Gasteiger partial charge < -0.3 is 0 Å². The van der Waals surface area contributed by atoms with Crippen LogP contribution in [0.25, 0.3) is 0 Å². The van der Waals surface area contributed by atoms with Gasteiger partial charge in [0, 0.05) is 35.6 Å². The molecule has 0 rings (SSSR count). The molecule has 0 amide bonds. The van der Waals surface area contributed by atoms with Crippen LogP contribution < -0.4 is 0 Å². The van der Waals surface area contributed by atoms with Gasteiger partial charge >= 0.3 is 35.4 Å². The summed E-state index contributed by atoms with van der Waals surface area (Å²) in [4.78, 5) is 3.31. The summed E-state index contributed by atoms with van der Waals surface area (Å²) in [6.45, 7) is 0. The van der Waals surface area contributed by atoms with Crippen LogP contribution in [0, 0.1) is 56.1 Å². The first-order valence-corrected chi connectivity index (χ1v) is 1.90. The van der Waals surface area contributed by atoms with E-state index in [2.05, 4.69) is 0 Å². The molecule has 0 saturated heterocycles. The maximum Gasteiger partial charge on any atom is 0 e. The van der Waals surface area contributed by atoms with Crippen molar-refractivity contribution in [2.75, 3.05) is 0 Å². The fourth-order valence-corrected chi connectivity index (χ4v) is 0.0729. The van der Waals surface area contributed by atoms with Crippen LogP contribution in [0.15, 0.2) is 0 Å². The van der Waals surface area contributed by atoms with Gasteiger partial charge in [-0.05, 0) is 0 Å². The Bertz CT molecular complexity index is 76.7. The van der Waals surface area contributed by atoms with E-state index < -0.39 is 0 Å². The minimum atomic E-state index is 0. The molecule has 0 N–H and O–H groups in total. The van der Waals surface area contributed by atoms with E-state index in [0.29, 0.717) is 0 Å². The molecule has 0 aliphatic carbocycles. The van der Waals surface area contributed by atoms with Gasteiger partial charge in [-0.1, -0.05) is 0 Å². The first kappa shape index (κ1) is 9.85. The molecule has 0 saturated carbocycles. The molecule has 0 unspecified atom stereocenters. The van der Waals surface area contributed by atoms with Crippen LogP contribution in [0.4, 0.5) is 0 Å². The Kier molecular flexibility index (Phi) is 15.1. The van der Waals surface area contributed by atoms with Crippen molar-refractivity contribution < 1.29 is 50.6 Å². The van der Waals surface area contributed by atoms with E-state index in [9.17, 15) is 0 Å². The molecule has 0 bridgehead atoms. The summed E-state index contributed by atoms with van der Waals surface area (Å²) in [5.74, 6) is 0. The number of nitriles is 2. The summed E-state index contributed by atoms with van der Waals surface area (Å²) >= 11 is 0. The van der Waals surface area contributed by atoms with Crippen LogP contribution in [-0.2, 0) is 15.0 Å². The molecule has 6 heavy (non-hydrogen) atoms.